The Morgan fingerprint density at radius 3 is 2.38 bits per heavy atom. The SMILES string of the molecule is COc1cc(C)cc(-c2c(N[C@@H](C)c3ccccc3)ccc3ccccc23)c1O. The molecule has 3 heteroatoms. The molecule has 29 heavy (non-hydrogen) atoms. The molecular formula is C26H25NO2. The van der Waals surface area contributed by atoms with Crippen LogP contribution in [0.4, 0.5) is 5.69 Å². The van der Waals surface area contributed by atoms with Gasteiger partial charge in [0.1, 0.15) is 0 Å². The predicted molar refractivity (Wildman–Crippen MR) is 121 cm³/mol. The van der Waals surface area contributed by atoms with E-state index >= 15 is 0 Å². The number of benzene rings is 4. The molecule has 0 saturated carbocycles. The number of phenols is 1. The monoisotopic (exact) mass is 383 g/mol. The van der Waals surface area contributed by atoms with Crippen molar-refractivity contribution in [1.29, 1.82) is 0 Å². The van der Waals surface area contributed by atoms with E-state index in [4.69, 9.17) is 4.74 Å². The van der Waals surface area contributed by atoms with Gasteiger partial charge in [0.25, 0.3) is 0 Å². The van der Waals surface area contributed by atoms with Crippen molar-refractivity contribution in [3.63, 3.8) is 0 Å². The van der Waals surface area contributed by atoms with E-state index in [-0.39, 0.29) is 11.8 Å². The minimum absolute atomic E-state index is 0.116. The zero-order valence-corrected chi connectivity index (χ0v) is 16.9. The summed E-state index contributed by atoms with van der Waals surface area (Å²) in [5, 5.41) is 16.8. The molecule has 146 valence electrons. The van der Waals surface area contributed by atoms with E-state index in [1.165, 1.54) is 5.56 Å². The number of hydrogen-bond acceptors (Lipinski definition) is 3. The molecule has 0 aliphatic heterocycles. The van der Waals surface area contributed by atoms with Crippen LogP contribution in [0.15, 0.2) is 78.9 Å². The summed E-state index contributed by atoms with van der Waals surface area (Å²) in [5.74, 6) is 0.639. The van der Waals surface area contributed by atoms with Gasteiger partial charge in [-0.1, -0.05) is 60.7 Å². The third-order valence-electron chi connectivity index (χ3n) is 5.31. The first-order valence-corrected chi connectivity index (χ1v) is 9.79. The highest BCUT2D eigenvalue weighted by Gasteiger charge is 2.18. The Labute approximate surface area is 171 Å². The lowest BCUT2D eigenvalue weighted by Gasteiger charge is -2.21. The molecule has 3 nitrogen and oxygen atoms in total. The van der Waals surface area contributed by atoms with Crippen molar-refractivity contribution in [2.45, 2.75) is 19.9 Å². The van der Waals surface area contributed by atoms with Crippen molar-refractivity contribution < 1.29 is 9.84 Å². The molecule has 4 aromatic rings. The molecule has 0 fully saturated rings. The fraction of sp³-hybridized carbons (Fsp3) is 0.154. The van der Waals surface area contributed by atoms with Crippen LogP contribution in [0.25, 0.3) is 21.9 Å². The zero-order chi connectivity index (χ0) is 20.4. The maximum absolute atomic E-state index is 10.9. The van der Waals surface area contributed by atoms with Crippen LogP contribution in [0.5, 0.6) is 11.5 Å². The molecule has 4 aromatic carbocycles. The number of rotatable bonds is 5. The number of ether oxygens (including phenoxy) is 1. The van der Waals surface area contributed by atoms with Crippen LogP contribution in [0.1, 0.15) is 24.1 Å². The third kappa shape index (κ3) is 3.64. The van der Waals surface area contributed by atoms with E-state index in [9.17, 15) is 5.11 Å². The molecule has 1 atom stereocenters. The topological polar surface area (TPSA) is 41.5 Å². The summed E-state index contributed by atoms with van der Waals surface area (Å²) in [4.78, 5) is 0. The standard InChI is InChI=1S/C26H25NO2/c1-17-15-22(26(28)24(16-17)29-3)25-21-12-8-7-11-20(21)13-14-23(25)27-18(2)19-9-5-4-6-10-19/h4-16,18,27-28H,1-3H3/t18-/m0/s1. The van der Waals surface area contributed by atoms with Crippen LogP contribution < -0.4 is 10.1 Å². The van der Waals surface area contributed by atoms with E-state index in [1.54, 1.807) is 7.11 Å². The van der Waals surface area contributed by atoms with Crippen molar-refractivity contribution in [1.82, 2.24) is 0 Å². The molecule has 0 bridgehead atoms. The number of aryl methyl sites for hydroxylation is 1. The van der Waals surface area contributed by atoms with E-state index in [0.717, 1.165) is 33.2 Å². The number of hydrogen-bond donors (Lipinski definition) is 2. The molecule has 0 aliphatic rings. The van der Waals surface area contributed by atoms with Gasteiger partial charge in [-0.2, -0.15) is 0 Å². The number of phenolic OH excluding ortho intramolecular Hbond substituents is 1. The van der Waals surface area contributed by atoms with Gasteiger partial charge < -0.3 is 15.2 Å². The van der Waals surface area contributed by atoms with Gasteiger partial charge in [-0.15, -0.1) is 0 Å². The van der Waals surface area contributed by atoms with Gasteiger partial charge >= 0.3 is 0 Å². The quantitative estimate of drug-likeness (QED) is 0.403. The molecule has 0 radical (unpaired) electrons. The van der Waals surface area contributed by atoms with Crippen molar-refractivity contribution in [2.24, 2.45) is 0 Å². The molecular weight excluding hydrogens is 358 g/mol. The maximum Gasteiger partial charge on any atom is 0.165 e. The molecule has 0 aromatic heterocycles. The number of nitrogens with one attached hydrogen (secondary N) is 1. The molecule has 0 spiro atoms. The van der Waals surface area contributed by atoms with Crippen LogP contribution in [-0.4, -0.2) is 12.2 Å². The van der Waals surface area contributed by atoms with Gasteiger partial charge in [0, 0.05) is 22.9 Å². The fourth-order valence-corrected chi connectivity index (χ4v) is 3.83. The largest absolute Gasteiger partial charge is 0.504 e. The summed E-state index contributed by atoms with van der Waals surface area (Å²) in [5.41, 5.74) is 4.96. The Morgan fingerprint density at radius 2 is 1.62 bits per heavy atom. The summed E-state index contributed by atoms with van der Waals surface area (Å²) < 4.78 is 5.42. The molecule has 0 amide bonds. The number of anilines is 1. The van der Waals surface area contributed by atoms with Gasteiger partial charge in [0.2, 0.25) is 0 Å². The average Bonchev–Trinajstić information content (AvgIpc) is 2.75. The van der Waals surface area contributed by atoms with E-state index < -0.39 is 0 Å². The van der Waals surface area contributed by atoms with Gasteiger partial charge in [0.05, 0.1) is 7.11 Å². The van der Waals surface area contributed by atoms with E-state index in [0.29, 0.717) is 5.75 Å². The predicted octanol–water partition coefficient (Wildman–Crippen LogP) is 6.70. The van der Waals surface area contributed by atoms with Gasteiger partial charge in [-0.25, -0.2) is 0 Å². The highest BCUT2D eigenvalue weighted by molar-refractivity contribution is 6.04. The van der Waals surface area contributed by atoms with Crippen molar-refractivity contribution >= 4 is 16.5 Å². The maximum atomic E-state index is 10.9. The summed E-state index contributed by atoms with van der Waals surface area (Å²) in [7, 11) is 1.58. The molecule has 2 N–H and O–H groups in total. The normalized spacial score (nSPS) is 12.0. The average molecular weight is 383 g/mol. The lowest BCUT2D eigenvalue weighted by Crippen LogP contribution is -2.07. The third-order valence-corrected chi connectivity index (χ3v) is 5.31. The number of aromatic hydroxyl groups is 1. The van der Waals surface area contributed by atoms with E-state index in [2.05, 4.69) is 48.6 Å². The number of methoxy groups -OCH3 is 1. The van der Waals surface area contributed by atoms with Crippen LogP contribution in [0.3, 0.4) is 0 Å². The molecule has 0 heterocycles. The van der Waals surface area contributed by atoms with Gasteiger partial charge in [-0.05, 0) is 53.9 Å². The van der Waals surface area contributed by atoms with Crippen LogP contribution in [-0.2, 0) is 0 Å². The van der Waals surface area contributed by atoms with Crippen molar-refractivity contribution in [3.05, 3.63) is 90.0 Å². The second-order valence-electron chi connectivity index (χ2n) is 7.35. The smallest absolute Gasteiger partial charge is 0.165 e. The van der Waals surface area contributed by atoms with Gasteiger partial charge in [0.15, 0.2) is 11.5 Å². The highest BCUT2D eigenvalue weighted by atomic mass is 16.5. The first-order valence-electron chi connectivity index (χ1n) is 9.79. The molecule has 0 unspecified atom stereocenters. The van der Waals surface area contributed by atoms with Gasteiger partial charge in [-0.3, -0.25) is 0 Å². The second-order valence-corrected chi connectivity index (χ2v) is 7.35. The summed E-state index contributed by atoms with van der Waals surface area (Å²) in [6.45, 7) is 4.15. The van der Waals surface area contributed by atoms with Crippen LogP contribution in [0, 0.1) is 6.92 Å². The zero-order valence-electron chi connectivity index (χ0n) is 16.9. The number of fused-ring (bicyclic) bond motifs is 1. The molecule has 0 aliphatic carbocycles. The van der Waals surface area contributed by atoms with Crippen molar-refractivity contribution in [2.75, 3.05) is 12.4 Å². The Hall–Kier alpha value is -3.46. The fourth-order valence-electron chi connectivity index (χ4n) is 3.83. The summed E-state index contributed by atoms with van der Waals surface area (Å²) in [6, 6.07) is 26.8. The lowest BCUT2D eigenvalue weighted by atomic mass is 9.93. The Bertz CT molecular complexity index is 1150. The van der Waals surface area contributed by atoms with E-state index in [1.807, 2.05) is 49.4 Å². The van der Waals surface area contributed by atoms with Crippen molar-refractivity contribution in [3.8, 4) is 22.6 Å². The van der Waals surface area contributed by atoms with Crippen LogP contribution in [0.2, 0.25) is 0 Å². The molecule has 4 rings (SSSR count). The summed E-state index contributed by atoms with van der Waals surface area (Å²) in [6.07, 6.45) is 0. The highest BCUT2D eigenvalue weighted by Crippen LogP contribution is 2.45. The first kappa shape index (κ1) is 18.9. The first-order chi connectivity index (χ1) is 14.1. The minimum Gasteiger partial charge on any atom is -0.504 e. The minimum atomic E-state index is 0.116. The Balaban J connectivity index is 1.92. The Morgan fingerprint density at radius 1 is 0.897 bits per heavy atom. The second kappa shape index (κ2) is 7.88. The Kier molecular flexibility index (Phi) is 5.13. The lowest BCUT2D eigenvalue weighted by molar-refractivity contribution is 0.374. The van der Waals surface area contributed by atoms with Crippen LogP contribution >= 0.6 is 0 Å². The summed E-state index contributed by atoms with van der Waals surface area (Å²) >= 11 is 0. The molecule has 0 saturated heterocycles.